The molecule has 0 radical (unpaired) electrons. The van der Waals surface area contributed by atoms with Gasteiger partial charge in [-0.15, -0.1) is 0 Å². The van der Waals surface area contributed by atoms with Gasteiger partial charge in [0.1, 0.15) is 5.82 Å². The van der Waals surface area contributed by atoms with Crippen LogP contribution in [-0.4, -0.2) is 0 Å². The smallest absolute Gasteiger partial charge is 0.144 e. The van der Waals surface area contributed by atoms with Crippen molar-refractivity contribution in [3.63, 3.8) is 0 Å². The van der Waals surface area contributed by atoms with Crippen molar-refractivity contribution in [2.24, 2.45) is 5.92 Å². The molecule has 0 saturated carbocycles. The van der Waals surface area contributed by atoms with Crippen LogP contribution in [0, 0.1) is 11.7 Å². The molecule has 2 rings (SSSR count). The second kappa shape index (κ2) is 6.53. The zero-order chi connectivity index (χ0) is 13.8. The van der Waals surface area contributed by atoms with Gasteiger partial charge in [0.2, 0.25) is 0 Å². The fourth-order valence-electron chi connectivity index (χ4n) is 2.12. The lowest BCUT2D eigenvalue weighted by atomic mass is 9.94. The minimum Gasteiger partial charge on any atom is -0.205 e. The van der Waals surface area contributed by atoms with E-state index in [1.807, 2.05) is 18.2 Å². The Bertz CT molecular complexity index is 542. The number of halogens is 3. The third-order valence-electron chi connectivity index (χ3n) is 3.19. The summed E-state index contributed by atoms with van der Waals surface area (Å²) in [6.45, 7) is 2.10. The maximum absolute atomic E-state index is 13.9. The van der Waals surface area contributed by atoms with E-state index in [4.69, 9.17) is 11.6 Å². The average Bonchev–Trinajstić information content (AvgIpc) is 2.44. The number of hydrogen-bond acceptors (Lipinski definition) is 0. The Kier molecular flexibility index (Phi) is 5.00. The van der Waals surface area contributed by atoms with Crippen molar-refractivity contribution in [3.8, 4) is 0 Å². The van der Waals surface area contributed by atoms with Crippen LogP contribution in [0.5, 0.6) is 0 Å². The molecule has 2 aromatic carbocycles. The van der Waals surface area contributed by atoms with Crippen LogP contribution in [0.4, 0.5) is 4.39 Å². The molecule has 0 heterocycles. The molecule has 0 aromatic heterocycles. The van der Waals surface area contributed by atoms with Gasteiger partial charge in [0.05, 0.1) is 5.02 Å². The second-order valence-corrected chi connectivity index (χ2v) is 6.10. The van der Waals surface area contributed by atoms with Gasteiger partial charge in [0.25, 0.3) is 0 Å². The molecule has 3 heteroatoms. The summed E-state index contributed by atoms with van der Waals surface area (Å²) >= 11 is 9.50. The number of alkyl halides is 1. The molecule has 0 amide bonds. The predicted octanol–water partition coefficient (Wildman–Crippen LogP) is 5.79. The van der Waals surface area contributed by atoms with E-state index in [1.165, 1.54) is 5.56 Å². The van der Waals surface area contributed by atoms with Gasteiger partial charge >= 0.3 is 0 Å². The summed E-state index contributed by atoms with van der Waals surface area (Å²) in [5.74, 6) is -0.0286. The van der Waals surface area contributed by atoms with E-state index in [0.717, 1.165) is 0 Å². The molecule has 19 heavy (non-hydrogen) atoms. The fourth-order valence-corrected chi connectivity index (χ4v) is 2.81. The highest BCUT2D eigenvalue weighted by atomic mass is 79.9. The Hall–Kier alpha value is -0.860. The van der Waals surface area contributed by atoms with E-state index in [2.05, 4.69) is 35.0 Å². The lowest BCUT2D eigenvalue weighted by Crippen LogP contribution is -2.08. The van der Waals surface area contributed by atoms with Gasteiger partial charge in [0.15, 0.2) is 0 Å². The van der Waals surface area contributed by atoms with Crippen LogP contribution in [0.15, 0.2) is 48.5 Å². The maximum Gasteiger partial charge on any atom is 0.144 e. The Morgan fingerprint density at radius 1 is 1.11 bits per heavy atom. The van der Waals surface area contributed by atoms with Crippen LogP contribution in [-0.2, 0) is 6.42 Å². The topological polar surface area (TPSA) is 0 Å². The molecule has 0 nitrogen and oxygen atoms in total. The third kappa shape index (κ3) is 3.58. The standard InChI is InChI=1S/C16H15BrClF/c1-11(15(17)12-6-3-2-4-7-12)10-13-8-5-9-14(18)16(13)19/h2-9,11,15H,10H2,1H3. The van der Waals surface area contributed by atoms with Crippen molar-refractivity contribution in [1.82, 2.24) is 0 Å². The molecule has 0 aliphatic carbocycles. The first-order valence-corrected chi connectivity index (χ1v) is 7.51. The van der Waals surface area contributed by atoms with Crippen molar-refractivity contribution in [2.45, 2.75) is 18.2 Å². The number of hydrogen-bond donors (Lipinski definition) is 0. The summed E-state index contributed by atoms with van der Waals surface area (Å²) in [5, 5.41) is 0.190. The van der Waals surface area contributed by atoms with Gasteiger partial charge < -0.3 is 0 Å². The molecule has 2 atom stereocenters. The molecule has 2 aromatic rings. The molecule has 2 unspecified atom stereocenters. The maximum atomic E-state index is 13.9. The van der Waals surface area contributed by atoms with E-state index in [-0.39, 0.29) is 21.6 Å². The Labute approximate surface area is 126 Å². The van der Waals surface area contributed by atoms with Gasteiger partial charge in [-0.3, -0.25) is 0 Å². The van der Waals surface area contributed by atoms with Crippen molar-refractivity contribution >= 4 is 27.5 Å². The highest BCUT2D eigenvalue weighted by Crippen LogP contribution is 2.33. The molecule has 0 aliphatic heterocycles. The van der Waals surface area contributed by atoms with Gasteiger partial charge in [-0.25, -0.2) is 4.39 Å². The zero-order valence-electron chi connectivity index (χ0n) is 10.6. The normalized spacial score (nSPS) is 14.1. The largest absolute Gasteiger partial charge is 0.205 e. The lowest BCUT2D eigenvalue weighted by molar-refractivity contribution is 0.539. The van der Waals surface area contributed by atoms with Gasteiger partial charge in [-0.05, 0) is 29.5 Å². The Morgan fingerprint density at radius 2 is 1.79 bits per heavy atom. The van der Waals surface area contributed by atoms with Gasteiger partial charge in [-0.2, -0.15) is 0 Å². The first-order valence-electron chi connectivity index (χ1n) is 6.21. The fraction of sp³-hybridized carbons (Fsp3) is 0.250. The van der Waals surface area contributed by atoms with Crippen LogP contribution >= 0.6 is 27.5 Å². The number of rotatable bonds is 4. The van der Waals surface area contributed by atoms with E-state index < -0.39 is 0 Å². The van der Waals surface area contributed by atoms with E-state index in [1.54, 1.807) is 18.2 Å². The molecule has 0 spiro atoms. The predicted molar refractivity (Wildman–Crippen MR) is 82.4 cm³/mol. The first kappa shape index (κ1) is 14.5. The molecule has 0 fully saturated rings. The highest BCUT2D eigenvalue weighted by molar-refractivity contribution is 9.09. The Morgan fingerprint density at radius 3 is 2.47 bits per heavy atom. The minimum absolute atomic E-state index is 0.190. The van der Waals surface area contributed by atoms with Crippen molar-refractivity contribution in [2.75, 3.05) is 0 Å². The van der Waals surface area contributed by atoms with Crippen LogP contribution in [0.25, 0.3) is 0 Å². The monoisotopic (exact) mass is 340 g/mol. The second-order valence-electron chi connectivity index (χ2n) is 4.71. The van der Waals surface area contributed by atoms with Crippen LogP contribution < -0.4 is 0 Å². The van der Waals surface area contributed by atoms with E-state index >= 15 is 0 Å². The lowest BCUT2D eigenvalue weighted by Gasteiger charge is -2.19. The van der Waals surface area contributed by atoms with Gasteiger partial charge in [0, 0.05) is 4.83 Å². The van der Waals surface area contributed by atoms with Gasteiger partial charge in [-0.1, -0.05) is 76.9 Å². The van der Waals surface area contributed by atoms with Crippen LogP contribution in [0.3, 0.4) is 0 Å². The summed E-state index contributed by atoms with van der Waals surface area (Å²) in [6.07, 6.45) is 0.650. The SMILES string of the molecule is CC(Cc1cccc(Cl)c1F)C(Br)c1ccccc1. The quantitative estimate of drug-likeness (QED) is 0.617. The van der Waals surface area contributed by atoms with Crippen molar-refractivity contribution < 1.29 is 4.39 Å². The molecule has 0 bridgehead atoms. The summed E-state index contributed by atoms with van der Waals surface area (Å²) in [5.41, 5.74) is 1.87. The highest BCUT2D eigenvalue weighted by Gasteiger charge is 2.18. The van der Waals surface area contributed by atoms with Crippen LogP contribution in [0.1, 0.15) is 22.9 Å². The van der Waals surface area contributed by atoms with Crippen LogP contribution in [0.2, 0.25) is 5.02 Å². The molecule has 0 aliphatic rings. The minimum atomic E-state index is -0.302. The van der Waals surface area contributed by atoms with Crippen molar-refractivity contribution in [3.05, 3.63) is 70.5 Å². The molecular formula is C16H15BrClF. The summed E-state index contributed by atoms with van der Waals surface area (Å²) in [6, 6.07) is 15.3. The average molecular weight is 342 g/mol. The van der Waals surface area contributed by atoms with Crippen molar-refractivity contribution in [1.29, 1.82) is 0 Å². The first-order chi connectivity index (χ1) is 9.09. The molecule has 0 N–H and O–H groups in total. The summed E-state index contributed by atoms with van der Waals surface area (Å²) < 4.78 is 13.9. The van der Waals surface area contributed by atoms with E-state index in [9.17, 15) is 4.39 Å². The zero-order valence-corrected chi connectivity index (χ0v) is 13.0. The molecular weight excluding hydrogens is 327 g/mol. The summed E-state index contributed by atoms with van der Waals surface area (Å²) in [4.78, 5) is 0.201. The summed E-state index contributed by atoms with van der Waals surface area (Å²) in [7, 11) is 0. The third-order valence-corrected chi connectivity index (χ3v) is 4.91. The molecule has 100 valence electrons. The molecule has 0 saturated heterocycles. The van der Waals surface area contributed by atoms with E-state index in [0.29, 0.717) is 12.0 Å². The Balaban J connectivity index is 2.13. The number of benzene rings is 2.